The standard InChI is InChI=1S/C13H12Br2N6/c1-8(2)21-18-13(17-19-21)9-7-16-20(12(9)15)11-6-4-3-5-10(11)14/h3-8H,1-2H3. The molecule has 0 spiro atoms. The van der Waals surface area contributed by atoms with Crippen LogP contribution in [0.15, 0.2) is 39.5 Å². The van der Waals surface area contributed by atoms with Crippen molar-refractivity contribution in [3.8, 4) is 17.1 Å². The zero-order valence-corrected chi connectivity index (χ0v) is 14.6. The van der Waals surface area contributed by atoms with E-state index >= 15 is 0 Å². The number of tetrazole rings is 1. The van der Waals surface area contributed by atoms with E-state index in [1.807, 2.05) is 38.1 Å². The molecule has 0 atom stereocenters. The molecule has 8 heteroatoms. The molecule has 0 amide bonds. The molecule has 0 aliphatic rings. The minimum atomic E-state index is 0.170. The fourth-order valence-electron chi connectivity index (χ4n) is 1.83. The molecule has 0 bridgehead atoms. The van der Waals surface area contributed by atoms with E-state index in [0.29, 0.717) is 5.82 Å². The van der Waals surface area contributed by atoms with E-state index in [4.69, 9.17) is 0 Å². The zero-order valence-electron chi connectivity index (χ0n) is 11.4. The maximum Gasteiger partial charge on any atom is 0.209 e. The lowest BCUT2D eigenvalue weighted by Crippen LogP contribution is -2.04. The monoisotopic (exact) mass is 410 g/mol. The van der Waals surface area contributed by atoms with E-state index in [1.165, 1.54) is 0 Å². The lowest BCUT2D eigenvalue weighted by atomic mass is 10.3. The number of hydrogen-bond acceptors (Lipinski definition) is 4. The van der Waals surface area contributed by atoms with E-state index in [-0.39, 0.29) is 6.04 Å². The molecule has 108 valence electrons. The Labute approximate surface area is 138 Å². The van der Waals surface area contributed by atoms with Gasteiger partial charge in [-0.2, -0.15) is 9.90 Å². The van der Waals surface area contributed by atoms with Gasteiger partial charge < -0.3 is 0 Å². The van der Waals surface area contributed by atoms with Crippen LogP contribution >= 0.6 is 31.9 Å². The summed E-state index contributed by atoms with van der Waals surface area (Å²) in [5, 5.41) is 16.9. The van der Waals surface area contributed by atoms with Gasteiger partial charge in [0, 0.05) is 4.47 Å². The zero-order chi connectivity index (χ0) is 15.0. The summed E-state index contributed by atoms with van der Waals surface area (Å²) in [6.45, 7) is 4.01. The first-order valence-electron chi connectivity index (χ1n) is 6.36. The minimum absolute atomic E-state index is 0.170. The summed E-state index contributed by atoms with van der Waals surface area (Å²) in [5.74, 6) is 0.550. The Morgan fingerprint density at radius 1 is 1.14 bits per heavy atom. The van der Waals surface area contributed by atoms with Crippen LogP contribution in [0.4, 0.5) is 0 Å². The van der Waals surface area contributed by atoms with Gasteiger partial charge in [0.15, 0.2) is 0 Å². The fourth-order valence-corrected chi connectivity index (χ4v) is 2.84. The van der Waals surface area contributed by atoms with Crippen molar-refractivity contribution in [2.45, 2.75) is 19.9 Å². The maximum absolute atomic E-state index is 4.40. The molecule has 0 radical (unpaired) electrons. The van der Waals surface area contributed by atoms with Crippen LogP contribution in [0.5, 0.6) is 0 Å². The lowest BCUT2D eigenvalue weighted by molar-refractivity contribution is 0.455. The normalized spacial score (nSPS) is 11.3. The molecule has 0 N–H and O–H groups in total. The maximum atomic E-state index is 4.40. The quantitative estimate of drug-likeness (QED) is 0.660. The molecule has 6 nitrogen and oxygen atoms in total. The number of hydrogen-bond donors (Lipinski definition) is 0. The summed E-state index contributed by atoms with van der Waals surface area (Å²) in [6, 6.07) is 8.03. The lowest BCUT2D eigenvalue weighted by Gasteiger charge is -2.05. The molecule has 21 heavy (non-hydrogen) atoms. The summed E-state index contributed by atoms with van der Waals surface area (Å²) in [6.07, 6.45) is 1.73. The van der Waals surface area contributed by atoms with Gasteiger partial charge in [-0.1, -0.05) is 12.1 Å². The number of halogens is 2. The van der Waals surface area contributed by atoms with Crippen LogP contribution in [0.3, 0.4) is 0 Å². The van der Waals surface area contributed by atoms with Crippen LogP contribution in [-0.4, -0.2) is 30.0 Å². The Balaban J connectivity index is 2.05. The van der Waals surface area contributed by atoms with E-state index in [9.17, 15) is 0 Å². The minimum Gasteiger partial charge on any atom is -0.225 e. The SMILES string of the molecule is CC(C)n1nnc(-c2cnn(-c3ccccc3Br)c2Br)n1. The number of aromatic nitrogens is 6. The smallest absolute Gasteiger partial charge is 0.209 e. The third-order valence-corrected chi connectivity index (χ3v) is 4.36. The first kappa shape index (κ1) is 14.4. The molecule has 0 fully saturated rings. The van der Waals surface area contributed by atoms with Gasteiger partial charge in [-0.25, -0.2) is 4.68 Å². The fraction of sp³-hybridized carbons (Fsp3) is 0.231. The number of nitrogens with zero attached hydrogens (tertiary/aromatic N) is 6. The van der Waals surface area contributed by atoms with Crippen molar-refractivity contribution < 1.29 is 0 Å². The van der Waals surface area contributed by atoms with Crippen LogP contribution in [-0.2, 0) is 0 Å². The van der Waals surface area contributed by atoms with Gasteiger partial charge in [-0.15, -0.1) is 10.2 Å². The van der Waals surface area contributed by atoms with E-state index in [0.717, 1.165) is 20.3 Å². The highest BCUT2D eigenvalue weighted by Gasteiger charge is 2.17. The van der Waals surface area contributed by atoms with Gasteiger partial charge in [-0.05, 0) is 63.1 Å². The van der Waals surface area contributed by atoms with Crippen LogP contribution in [0.1, 0.15) is 19.9 Å². The summed E-state index contributed by atoms with van der Waals surface area (Å²) >= 11 is 7.09. The van der Waals surface area contributed by atoms with Crippen LogP contribution < -0.4 is 0 Å². The molecule has 0 unspecified atom stereocenters. The molecule has 0 aliphatic carbocycles. The highest BCUT2D eigenvalue weighted by Crippen LogP contribution is 2.30. The van der Waals surface area contributed by atoms with Crippen molar-refractivity contribution in [1.29, 1.82) is 0 Å². The second kappa shape index (κ2) is 5.69. The molecular weight excluding hydrogens is 400 g/mol. The molecule has 0 saturated carbocycles. The number of benzene rings is 1. The van der Waals surface area contributed by atoms with Gasteiger partial charge in [-0.3, -0.25) is 0 Å². The van der Waals surface area contributed by atoms with Gasteiger partial charge in [0.2, 0.25) is 5.82 Å². The number of rotatable bonds is 3. The van der Waals surface area contributed by atoms with Crippen molar-refractivity contribution in [2.75, 3.05) is 0 Å². The summed E-state index contributed by atoms with van der Waals surface area (Å²) in [5.41, 5.74) is 1.74. The van der Waals surface area contributed by atoms with Crippen molar-refractivity contribution in [3.05, 3.63) is 39.5 Å². The van der Waals surface area contributed by atoms with Gasteiger partial charge in [0.05, 0.1) is 23.5 Å². The van der Waals surface area contributed by atoms with Crippen molar-refractivity contribution in [3.63, 3.8) is 0 Å². The molecule has 2 heterocycles. The van der Waals surface area contributed by atoms with Gasteiger partial charge in [0.25, 0.3) is 0 Å². The first-order chi connectivity index (χ1) is 10.1. The van der Waals surface area contributed by atoms with E-state index < -0.39 is 0 Å². The first-order valence-corrected chi connectivity index (χ1v) is 7.95. The van der Waals surface area contributed by atoms with Crippen LogP contribution in [0, 0.1) is 0 Å². The molecule has 2 aromatic heterocycles. The van der Waals surface area contributed by atoms with Gasteiger partial charge >= 0.3 is 0 Å². The van der Waals surface area contributed by atoms with Crippen molar-refractivity contribution in [2.24, 2.45) is 0 Å². The summed E-state index contributed by atoms with van der Waals surface area (Å²) in [4.78, 5) is 1.58. The largest absolute Gasteiger partial charge is 0.225 e. The average Bonchev–Trinajstić information content (AvgIpc) is 3.06. The number of para-hydroxylation sites is 1. The highest BCUT2D eigenvalue weighted by molar-refractivity contribution is 9.11. The summed E-state index contributed by atoms with van der Waals surface area (Å²) in [7, 11) is 0. The second-order valence-electron chi connectivity index (χ2n) is 4.74. The third kappa shape index (κ3) is 2.65. The molecule has 3 rings (SSSR count). The molecular formula is C13H12Br2N6. The van der Waals surface area contributed by atoms with Crippen molar-refractivity contribution >= 4 is 31.9 Å². The Morgan fingerprint density at radius 2 is 1.90 bits per heavy atom. The molecule has 3 aromatic rings. The summed E-state index contributed by atoms with van der Waals surface area (Å²) < 4.78 is 3.53. The molecule has 0 aliphatic heterocycles. The predicted molar refractivity (Wildman–Crippen MR) is 86.2 cm³/mol. The molecule has 1 aromatic carbocycles. The second-order valence-corrected chi connectivity index (χ2v) is 6.34. The van der Waals surface area contributed by atoms with Crippen molar-refractivity contribution in [1.82, 2.24) is 30.0 Å². The highest BCUT2D eigenvalue weighted by atomic mass is 79.9. The Hall–Kier alpha value is -1.54. The van der Waals surface area contributed by atoms with Gasteiger partial charge in [0.1, 0.15) is 4.60 Å². The third-order valence-electron chi connectivity index (χ3n) is 2.92. The van der Waals surface area contributed by atoms with E-state index in [2.05, 4.69) is 52.4 Å². The average molecular weight is 412 g/mol. The van der Waals surface area contributed by atoms with Crippen LogP contribution in [0.2, 0.25) is 0 Å². The Bertz CT molecular complexity index is 777. The van der Waals surface area contributed by atoms with E-state index in [1.54, 1.807) is 15.7 Å². The Morgan fingerprint density at radius 3 is 2.57 bits per heavy atom. The topological polar surface area (TPSA) is 61.4 Å². The Kier molecular flexibility index (Phi) is 3.90. The molecule has 0 saturated heterocycles. The predicted octanol–water partition coefficient (Wildman–Crippen LogP) is 3.63. The van der Waals surface area contributed by atoms with Crippen LogP contribution in [0.25, 0.3) is 17.1 Å².